The Morgan fingerprint density at radius 3 is 3.36 bits per heavy atom. The number of hydrogen-bond acceptors (Lipinski definition) is 3. The lowest BCUT2D eigenvalue weighted by Crippen LogP contribution is -2.19. The Labute approximate surface area is 78.3 Å². The van der Waals surface area contributed by atoms with Gasteiger partial charge in [-0.05, 0) is 28.7 Å². The van der Waals surface area contributed by atoms with Crippen molar-refractivity contribution in [3.05, 3.63) is 15.8 Å². The largest absolute Gasteiger partial charge is 0.487 e. The highest BCUT2D eigenvalue weighted by Crippen LogP contribution is 2.29. The highest BCUT2D eigenvalue weighted by Gasteiger charge is 2.12. The molecule has 11 heavy (non-hydrogen) atoms. The van der Waals surface area contributed by atoms with E-state index >= 15 is 0 Å². The van der Waals surface area contributed by atoms with Gasteiger partial charge >= 0.3 is 0 Å². The monoisotopic (exact) mass is 262 g/mol. The second-order valence-corrected chi connectivity index (χ2v) is 3.41. The molecule has 0 unspecified atom stereocenters. The third kappa shape index (κ3) is 1.26. The van der Waals surface area contributed by atoms with Crippen LogP contribution in [0.5, 0.6) is 5.75 Å². The average molecular weight is 262 g/mol. The van der Waals surface area contributed by atoms with Crippen molar-refractivity contribution in [2.75, 3.05) is 18.5 Å². The molecule has 0 radical (unpaired) electrons. The van der Waals surface area contributed by atoms with Gasteiger partial charge in [0, 0.05) is 6.20 Å². The Kier molecular flexibility index (Phi) is 1.85. The Balaban J connectivity index is 2.49. The maximum Gasteiger partial charge on any atom is 0.174 e. The lowest BCUT2D eigenvalue weighted by Gasteiger charge is -2.18. The third-order valence-electron chi connectivity index (χ3n) is 1.50. The van der Waals surface area contributed by atoms with Crippen molar-refractivity contribution in [3.63, 3.8) is 0 Å². The van der Waals surface area contributed by atoms with Gasteiger partial charge in [0.15, 0.2) is 11.6 Å². The number of aromatic nitrogens is 1. The van der Waals surface area contributed by atoms with Crippen molar-refractivity contribution >= 4 is 28.4 Å². The van der Waals surface area contributed by atoms with Crippen molar-refractivity contribution in [3.8, 4) is 5.75 Å². The van der Waals surface area contributed by atoms with Crippen molar-refractivity contribution in [1.82, 2.24) is 4.98 Å². The summed E-state index contributed by atoms with van der Waals surface area (Å²) in [6.07, 6.45) is 1.78. The smallest absolute Gasteiger partial charge is 0.174 e. The van der Waals surface area contributed by atoms with E-state index in [0.717, 1.165) is 28.3 Å². The number of rotatable bonds is 0. The van der Waals surface area contributed by atoms with Crippen LogP contribution >= 0.6 is 22.6 Å². The van der Waals surface area contributed by atoms with Crippen molar-refractivity contribution < 1.29 is 4.74 Å². The molecule has 3 nitrogen and oxygen atoms in total. The van der Waals surface area contributed by atoms with Crippen LogP contribution in [0.15, 0.2) is 12.3 Å². The summed E-state index contributed by atoms with van der Waals surface area (Å²) in [5.74, 6) is 1.75. The molecule has 58 valence electrons. The first-order valence-electron chi connectivity index (χ1n) is 3.39. The van der Waals surface area contributed by atoms with Gasteiger partial charge in [0.2, 0.25) is 0 Å². The van der Waals surface area contributed by atoms with Gasteiger partial charge in [-0.2, -0.15) is 0 Å². The summed E-state index contributed by atoms with van der Waals surface area (Å²) in [6.45, 7) is 1.58. The quantitative estimate of drug-likeness (QED) is 0.719. The van der Waals surface area contributed by atoms with E-state index in [1.54, 1.807) is 6.20 Å². The predicted octanol–water partition coefficient (Wildman–Crippen LogP) is 1.49. The number of nitrogens with zero attached hydrogens (tertiary/aromatic N) is 1. The molecule has 0 spiro atoms. The zero-order valence-electron chi connectivity index (χ0n) is 5.80. The summed E-state index contributed by atoms with van der Waals surface area (Å²) >= 11 is 2.24. The molecule has 0 saturated heterocycles. The first-order valence-corrected chi connectivity index (χ1v) is 4.47. The fourth-order valence-corrected chi connectivity index (χ4v) is 1.58. The van der Waals surface area contributed by atoms with E-state index in [2.05, 4.69) is 32.9 Å². The normalized spacial score (nSPS) is 14.6. The van der Waals surface area contributed by atoms with Crippen LogP contribution in [0.3, 0.4) is 0 Å². The Bertz CT molecular complexity index is 277. The summed E-state index contributed by atoms with van der Waals surface area (Å²) in [4.78, 5) is 4.14. The van der Waals surface area contributed by atoms with E-state index in [1.165, 1.54) is 0 Å². The molecule has 1 aromatic rings. The van der Waals surface area contributed by atoms with E-state index in [-0.39, 0.29) is 0 Å². The summed E-state index contributed by atoms with van der Waals surface area (Å²) in [5.41, 5.74) is 0. The molecular weight excluding hydrogens is 255 g/mol. The SMILES string of the molecule is Ic1ccnc2c1OCCN2. The molecule has 2 heterocycles. The summed E-state index contributed by atoms with van der Waals surface area (Å²) in [7, 11) is 0. The van der Waals surface area contributed by atoms with Crippen molar-refractivity contribution in [2.45, 2.75) is 0 Å². The van der Waals surface area contributed by atoms with Gasteiger partial charge in [0.1, 0.15) is 6.61 Å². The maximum absolute atomic E-state index is 5.42. The van der Waals surface area contributed by atoms with Crippen LogP contribution in [0.2, 0.25) is 0 Å². The minimum Gasteiger partial charge on any atom is -0.487 e. The predicted molar refractivity (Wildman–Crippen MR) is 50.9 cm³/mol. The van der Waals surface area contributed by atoms with Gasteiger partial charge in [0.25, 0.3) is 0 Å². The Morgan fingerprint density at radius 1 is 1.64 bits per heavy atom. The summed E-state index contributed by atoms with van der Waals surface area (Å²) in [6, 6.07) is 1.94. The van der Waals surface area contributed by atoms with Gasteiger partial charge < -0.3 is 10.1 Å². The number of hydrogen-bond donors (Lipinski definition) is 1. The van der Waals surface area contributed by atoms with Crippen LogP contribution in [0.1, 0.15) is 0 Å². The molecule has 0 bridgehead atoms. The molecule has 0 fully saturated rings. The molecule has 2 rings (SSSR count). The Morgan fingerprint density at radius 2 is 2.55 bits per heavy atom. The molecule has 1 aromatic heterocycles. The standard InChI is InChI=1S/C7H7IN2O/c8-5-1-2-9-7-6(5)11-4-3-10-7/h1-2H,3-4H2,(H,9,10). The van der Waals surface area contributed by atoms with Crippen LogP contribution in [0, 0.1) is 3.57 Å². The topological polar surface area (TPSA) is 34.1 Å². The lowest BCUT2D eigenvalue weighted by atomic mass is 10.4. The molecule has 1 aliphatic heterocycles. The highest BCUT2D eigenvalue weighted by atomic mass is 127. The number of pyridine rings is 1. The fraction of sp³-hybridized carbons (Fsp3) is 0.286. The van der Waals surface area contributed by atoms with Crippen molar-refractivity contribution in [1.29, 1.82) is 0 Å². The van der Waals surface area contributed by atoms with Crippen LogP contribution in [0.25, 0.3) is 0 Å². The van der Waals surface area contributed by atoms with E-state index in [4.69, 9.17) is 4.74 Å². The van der Waals surface area contributed by atoms with Gasteiger partial charge in [0.05, 0.1) is 10.1 Å². The molecule has 0 atom stereocenters. The number of anilines is 1. The van der Waals surface area contributed by atoms with Gasteiger partial charge in [-0.1, -0.05) is 0 Å². The second kappa shape index (κ2) is 2.84. The molecule has 4 heteroatoms. The molecule has 0 amide bonds. The lowest BCUT2D eigenvalue weighted by molar-refractivity contribution is 0.319. The van der Waals surface area contributed by atoms with Crippen LogP contribution in [-0.4, -0.2) is 18.1 Å². The second-order valence-electron chi connectivity index (χ2n) is 2.25. The minimum atomic E-state index is 0.731. The molecule has 1 aliphatic rings. The fourth-order valence-electron chi connectivity index (χ4n) is 1.01. The van der Waals surface area contributed by atoms with Crippen LogP contribution in [-0.2, 0) is 0 Å². The van der Waals surface area contributed by atoms with Crippen molar-refractivity contribution in [2.24, 2.45) is 0 Å². The zero-order valence-corrected chi connectivity index (χ0v) is 7.96. The zero-order chi connectivity index (χ0) is 7.68. The number of fused-ring (bicyclic) bond motifs is 1. The summed E-state index contributed by atoms with van der Waals surface area (Å²) < 4.78 is 6.53. The van der Waals surface area contributed by atoms with Gasteiger partial charge in [-0.3, -0.25) is 0 Å². The van der Waals surface area contributed by atoms with E-state index < -0.39 is 0 Å². The average Bonchev–Trinajstić information content (AvgIpc) is 2.06. The third-order valence-corrected chi connectivity index (χ3v) is 2.35. The molecule has 0 saturated carbocycles. The van der Waals surface area contributed by atoms with E-state index in [0.29, 0.717) is 0 Å². The first-order chi connectivity index (χ1) is 5.38. The van der Waals surface area contributed by atoms with E-state index in [1.807, 2.05) is 6.07 Å². The molecule has 0 aromatic carbocycles. The van der Waals surface area contributed by atoms with Gasteiger partial charge in [-0.25, -0.2) is 4.98 Å². The minimum absolute atomic E-state index is 0.731. The van der Waals surface area contributed by atoms with Crippen LogP contribution < -0.4 is 10.1 Å². The first kappa shape index (κ1) is 7.15. The Hall–Kier alpha value is -0.520. The van der Waals surface area contributed by atoms with Gasteiger partial charge in [-0.15, -0.1) is 0 Å². The summed E-state index contributed by atoms with van der Waals surface area (Å²) in [5, 5.41) is 3.16. The number of nitrogens with one attached hydrogen (secondary N) is 1. The molecule has 1 N–H and O–H groups in total. The van der Waals surface area contributed by atoms with Crippen LogP contribution in [0.4, 0.5) is 5.82 Å². The molecule has 0 aliphatic carbocycles. The maximum atomic E-state index is 5.42. The van der Waals surface area contributed by atoms with E-state index in [9.17, 15) is 0 Å². The highest BCUT2D eigenvalue weighted by molar-refractivity contribution is 14.1. The number of ether oxygens (including phenoxy) is 1. The molecular formula is C7H7IN2O. The number of halogens is 1.